The van der Waals surface area contributed by atoms with E-state index in [1.54, 1.807) is 11.3 Å². The van der Waals surface area contributed by atoms with Crippen LogP contribution in [0.5, 0.6) is 0 Å². The van der Waals surface area contributed by atoms with E-state index in [0.29, 0.717) is 6.54 Å². The third kappa shape index (κ3) is 2.15. The molecule has 0 saturated heterocycles. The smallest absolute Gasteiger partial charge is 0.233 e. The molecule has 0 spiro atoms. The zero-order chi connectivity index (χ0) is 14.2. The van der Waals surface area contributed by atoms with Crippen molar-refractivity contribution in [2.45, 2.75) is 5.92 Å². The maximum atomic E-state index is 12.5. The first-order chi connectivity index (χ1) is 10.3. The summed E-state index contributed by atoms with van der Waals surface area (Å²) in [4.78, 5) is 16.7. The molecule has 0 radical (unpaired) electrons. The zero-order valence-electron chi connectivity index (χ0n) is 11.2. The topological polar surface area (TPSA) is 54.0 Å². The molecule has 0 fully saturated rings. The third-order valence-electron chi connectivity index (χ3n) is 3.75. The summed E-state index contributed by atoms with van der Waals surface area (Å²) in [7, 11) is 0. The highest BCUT2D eigenvalue weighted by atomic mass is 32.1. The molecule has 5 heteroatoms. The summed E-state index contributed by atoms with van der Waals surface area (Å²) in [5.74, 6) is -0.116. The van der Waals surface area contributed by atoms with E-state index in [9.17, 15) is 4.79 Å². The van der Waals surface area contributed by atoms with E-state index in [1.165, 1.54) is 0 Å². The molecule has 0 aliphatic carbocycles. The summed E-state index contributed by atoms with van der Waals surface area (Å²) in [5, 5.41) is 6.28. The average molecular weight is 295 g/mol. The van der Waals surface area contributed by atoms with Gasteiger partial charge in [0.1, 0.15) is 0 Å². The Morgan fingerprint density at radius 1 is 1.29 bits per heavy atom. The molecule has 21 heavy (non-hydrogen) atoms. The Morgan fingerprint density at radius 2 is 2.19 bits per heavy atom. The van der Waals surface area contributed by atoms with Gasteiger partial charge < -0.3 is 10.6 Å². The number of thiazole rings is 1. The Bertz CT molecular complexity index is 827. The van der Waals surface area contributed by atoms with Crippen LogP contribution in [-0.2, 0) is 4.79 Å². The fraction of sp³-hybridized carbons (Fsp3) is 0.125. The van der Waals surface area contributed by atoms with Crippen molar-refractivity contribution in [2.75, 3.05) is 17.2 Å². The van der Waals surface area contributed by atoms with Gasteiger partial charge >= 0.3 is 0 Å². The highest BCUT2D eigenvalue weighted by molar-refractivity contribution is 7.16. The molecule has 1 aromatic heterocycles. The van der Waals surface area contributed by atoms with Crippen LogP contribution < -0.4 is 10.6 Å². The van der Waals surface area contributed by atoms with Crippen LogP contribution in [0.3, 0.4) is 0 Å². The molecule has 2 aromatic carbocycles. The number of anilines is 2. The summed E-state index contributed by atoms with van der Waals surface area (Å²) in [6.45, 7) is 0.647. The summed E-state index contributed by atoms with van der Waals surface area (Å²) < 4.78 is 1.08. The van der Waals surface area contributed by atoms with Gasteiger partial charge in [0.25, 0.3) is 0 Å². The van der Waals surface area contributed by atoms with E-state index in [2.05, 4.69) is 15.6 Å². The maximum Gasteiger partial charge on any atom is 0.233 e. The van der Waals surface area contributed by atoms with Crippen molar-refractivity contribution in [3.8, 4) is 0 Å². The Kier molecular flexibility index (Phi) is 2.86. The minimum Gasteiger partial charge on any atom is -0.384 e. The van der Waals surface area contributed by atoms with Crippen molar-refractivity contribution in [3.05, 3.63) is 53.5 Å². The van der Waals surface area contributed by atoms with Gasteiger partial charge in [0.15, 0.2) is 0 Å². The number of carbonyl (C=O) groups excluding carboxylic acids is 1. The molecule has 0 bridgehead atoms. The summed E-state index contributed by atoms with van der Waals surface area (Å²) in [5.41, 5.74) is 5.71. The number of aromatic nitrogens is 1. The lowest BCUT2D eigenvalue weighted by molar-refractivity contribution is -0.117. The van der Waals surface area contributed by atoms with Crippen LogP contribution in [0.1, 0.15) is 11.5 Å². The van der Waals surface area contributed by atoms with Gasteiger partial charge in [0.2, 0.25) is 5.91 Å². The highest BCUT2D eigenvalue weighted by Crippen LogP contribution is 2.32. The van der Waals surface area contributed by atoms with Crippen LogP contribution in [-0.4, -0.2) is 17.4 Å². The fourth-order valence-corrected chi connectivity index (χ4v) is 3.40. The molecule has 2 N–H and O–H groups in total. The molecule has 0 saturated carbocycles. The number of nitrogens with one attached hydrogen (secondary N) is 2. The SMILES string of the molecule is O=C(Nc1ccc2ncsc2c1)C1CNc2ccccc21. The predicted molar refractivity (Wildman–Crippen MR) is 85.9 cm³/mol. The first-order valence-electron chi connectivity index (χ1n) is 6.78. The van der Waals surface area contributed by atoms with E-state index >= 15 is 0 Å². The maximum absolute atomic E-state index is 12.5. The van der Waals surface area contributed by atoms with Crippen LogP contribution in [0, 0.1) is 0 Å². The number of para-hydroxylation sites is 1. The largest absolute Gasteiger partial charge is 0.384 e. The lowest BCUT2D eigenvalue weighted by Crippen LogP contribution is -2.22. The van der Waals surface area contributed by atoms with E-state index in [4.69, 9.17) is 0 Å². The Balaban J connectivity index is 1.58. The standard InChI is InChI=1S/C16H13N3OS/c20-16(12-8-17-13-4-2-1-3-11(12)13)19-10-5-6-14-15(7-10)21-9-18-14/h1-7,9,12,17H,8H2,(H,19,20). The molecule has 3 aromatic rings. The molecule has 1 amide bonds. The molecule has 4 nitrogen and oxygen atoms in total. The molecule has 2 heterocycles. The van der Waals surface area contributed by atoms with Gasteiger partial charge in [-0.05, 0) is 29.8 Å². The molecule has 1 aliphatic rings. The Hall–Kier alpha value is -2.40. The summed E-state index contributed by atoms with van der Waals surface area (Å²) in [6.07, 6.45) is 0. The summed E-state index contributed by atoms with van der Waals surface area (Å²) >= 11 is 1.57. The number of fused-ring (bicyclic) bond motifs is 2. The van der Waals surface area contributed by atoms with E-state index in [-0.39, 0.29) is 11.8 Å². The van der Waals surface area contributed by atoms with Crippen LogP contribution in [0.15, 0.2) is 48.0 Å². The minimum atomic E-state index is -0.140. The Morgan fingerprint density at radius 3 is 3.14 bits per heavy atom. The number of nitrogens with zero attached hydrogens (tertiary/aromatic N) is 1. The van der Waals surface area contributed by atoms with E-state index in [0.717, 1.165) is 27.2 Å². The number of rotatable bonds is 2. The van der Waals surface area contributed by atoms with Crippen LogP contribution >= 0.6 is 11.3 Å². The number of benzene rings is 2. The number of hydrogen-bond acceptors (Lipinski definition) is 4. The van der Waals surface area contributed by atoms with Crippen molar-refractivity contribution < 1.29 is 4.79 Å². The van der Waals surface area contributed by atoms with Gasteiger partial charge in [-0.1, -0.05) is 18.2 Å². The van der Waals surface area contributed by atoms with Gasteiger partial charge in [-0.15, -0.1) is 11.3 Å². The minimum absolute atomic E-state index is 0.0244. The van der Waals surface area contributed by atoms with Crippen molar-refractivity contribution in [2.24, 2.45) is 0 Å². The normalized spacial score (nSPS) is 16.5. The van der Waals surface area contributed by atoms with E-state index in [1.807, 2.05) is 48.0 Å². The molecule has 104 valence electrons. The van der Waals surface area contributed by atoms with E-state index < -0.39 is 0 Å². The van der Waals surface area contributed by atoms with Crippen molar-refractivity contribution in [1.82, 2.24) is 4.98 Å². The quantitative estimate of drug-likeness (QED) is 0.761. The zero-order valence-corrected chi connectivity index (χ0v) is 12.0. The number of carbonyl (C=O) groups is 1. The predicted octanol–water partition coefficient (Wildman–Crippen LogP) is 3.44. The lowest BCUT2D eigenvalue weighted by Gasteiger charge is -2.11. The second-order valence-electron chi connectivity index (χ2n) is 5.04. The molecule has 4 rings (SSSR count). The molecular weight excluding hydrogens is 282 g/mol. The first kappa shape index (κ1) is 12.3. The first-order valence-corrected chi connectivity index (χ1v) is 7.66. The van der Waals surface area contributed by atoms with Crippen molar-refractivity contribution in [1.29, 1.82) is 0 Å². The van der Waals surface area contributed by atoms with Gasteiger partial charge in [-0.25, -0.2) is 4.98 Å². The van der Waals surface area contributed by atoms with Gasteiger partial charge in [-0.3, -0.25) is 4.79 Å². The lowest BCUT2D eigenvalue weighted by atomic mass is 10.0. The van der Waals surface area contributed by atoms with Gasteiger partial charge in [0, 0.05) is 17.9 Å². The molecular formula is C16H13N3OS. The van der Waals surface area contributed by atoms with Gasteiger partial charge in [-0.2, -0.15) is 0 Å². The molecule has 1 atom stereocenters. The fourth-order valence-electron chi connectivity index (χ4n) is 2.68. The highest BCUT2D eigenvalue weighted by Gasteiger charge is 2.28. The molecule has 1 aliphatic heterocycles. The average Bonchev–Trinajstić information content (AvgIpc) is 3.13. The van der Waals surface area contributed by atoms with Crippen molar-refractivity contribution >= 4 is 38.8 Å². The Labute approximate surface area is 125 Å². The summed E-state index contributed by atoms with van der Waals surface area (Å²) in [6, 6.07) is 13.8. The number of amides is 1. The monoisotopic (exact) mass is 295 g/mol. The number of hydrogen-bond donors (Lipinski definition) is 2. The van der Waals surface area contributed by atoms with Gasteiger partial charge in [0.05, 0.1) is 21.6 Å². The van der Waals surface area contributed by atoms with Crippen LogP contribution in [0.4, 0.5) is 11.4 Å². The third-order valence-corrected chi connectivity index (χ3v) is 4.54. The second kappa shape index (κ2) is 4.86. The van der Waals surface area contributed by atoms with Crippen molar-refractivity contribution in [3.63, 3.8) is 0 Å². The second-order valence-corrected chi connectivity index (χ2v) is 5.93. The van der Waals surface area contributed by atoms with Crippen LogP contribution in [0.25, 0.3) is 10.2 Å². The molecule has 1 unspecified atom stereocenters. The van der Waals surface area contributed by atoms with Crippen LogP contribution in [0.2, 0.25) is 0 Å².